The predicted molar refractivity (Wildman–Crippen MR) is 82.2 cm³/mol. The monoisotopic (exact) mass is 290 g/mol. The van der Waals surface area contributed by atoms with E-state index in [1.165, 1.54) is 17.5 Å². The van der Waals surface area contributed by atoms with Crippen LogP contribution in [0, 0.1) is 6.92 Å². The van der Waals surface area contributed by atoms with Crippen molar-refractivity contribution in [1.82, 2.24) is 9.97 Å². The van der Waals surface area contributed by atoms with Crippen LogP contribution < -0.4 is 11.1 Å². The Morgan fingerprint density at radius 3 is 2.70 bits per heavy atom. The second-order valence-electron chi connectivity index (χ2n) is 5.64. The van der Waals surface area contributed by atoms with Gasteiger partial charge >= 0.3 is 0 Å². The summed E-state index contributed by atoms with van der Waals surface area (Å²) in [6.07, 6.45) is 1.53. The molecule has 3 N–H and O–H groups in total. The molecular formula is C14H18N4OS. The molecule has 0 unspecified atom stereocenters. The lowest BCUT2D eigenvalue weighted by atomic mass is 9.93. The van der Waals surface area contributed by atoms with E-state index in [4.69, 9.17) is 5.73 Å². The highest BCUT2D eigenvalue weighted by atomic mass is 32.1. The van der Waals surface area contributed by atoms with E-state index in [0.717, 1.165) is 5.69 Å². The smallest absolute Gasteiger partial charge is 0.259 e. The van der Waals surface area contributed by atoms with Gasteiger partial charge in [0, 0.05) is 10.8 Å². The molecule has 0 saturated carbocycles. The lowest BCUT2D eigenvalue weighted by Crippen LogP contribution is -2.15. The van der Waals surface area contributed by atoms with E-state index in [0.29, 0.717) is 22.1 Å². The summed E-state index contributed by atoms with van der Waals surface area (Å²) in [7, 11) is 0. The molecule has 2 aromatic heterocycles. The average molecular weight is 290 g/mol. The third-order valence-electron chi connectivity index (χ3n) is 2.85. The number of hydrogen-bond donors (Lipinski definition) is 2. The van der Waals surface area contributed by atoms with Gasteiger partial charge in [-0.15, -0.1) is 11.3 Å². The molecule has 0 saturated heterocycles. The maximum absolute atomic E-state index is 12.2. The molecule has 0 aliphatic carbocycles. The van der Waals surface area contributed by atoms with Crippen molar-refractivity contribution in [3.8, 4) is 0 Å². The summed E-state index contributed by atoms with van der Waals surface area (Å²) >= 11 is 1.41. The molecule has 0 fully saturated rings. The minimum Gasteiger partial charge on any atom is -0.397 e. The summed E-state index contributed by atoms with van der Waals surface area (Å²) < 4.78 is 0. The lowest BCUT2D eigenvalue weighted by Gasteiger charge is -2.14. The quantitative estimate of drug-likeness (QED) is 0.891. The number of aryl methyl sites for hydroxylation is 1. The van der Waals surface area contributed by atoms with Gasteiger partial charge in [-0.2, -0.15) is 0 Å². The summed E-state index contributed by atoms with van der Waals surface area (Å²) in [5, 5.41) is 5.34. The first-order valence-corrected chi connectivity index (χ1v) is 7.15. The van der Waals surface area contributed by atoms with Crippen LogP contribution in [-0.4, -0.2) is 15.9 Å². The second-order valence-corrected chi connectivity index (χ2v) is 6.50. The number of amides is 1. The molecule has 0 bridgehead atoms. The molecule has 2 rings (SSSR count). The van der Waals surface area contributed by atoms with Gasteiger partial charge in [0.05, 0.1) is 28.8 Å². The highest BCUT2D eigenvalue weighted by Crippen LogP contribution is 2.26. The van der Waals surface area contributed by atoms with Gasteiger partial charge in [0.1, 0.15) is 0 Å². The van der Waals surface area contributed by atoms with Crippen molar-refractivity contribution in [2.24, 2.45) is 0 Å². The molecule has 0 aromatic carbocycles. The van der Waals surface area contributed by atoms with E-state index in [1.54, 1.807) is 13.0 Å². The van der Waals surface area contributed by atoms with Gasteiger partial charge in [-0.3, -0.25) is 15.1 Å². The van der Waals surface area contributed by atoms with Gasteiger partial charge in [-0.1, -0.05) is 20.8 Å². The minimum atomic E-state index is -0.239. The van der Waals surface area contributed by atoms with Gasteiger partial charge in [-0.25, -0.2) is 4.98 Å². The van der Waals surface area contributed by atoms with Crippen LogP contribution in [-0.2, 0) is 5.41 Å². The van der Waals surface area contributed by atoms with Crippen LogP contribution in [0.4, 0.5) is 10.8 Å². The first-order chi connectivity index (χ1) is 9.27. The fraction of sp³-hybridized carbons (Fsp3) is 0.357. The molecule has 106 valence electrons. The zero-order chi connectivity index (χ0) is 14.9. The van der Waals surface area contributed by atoms with Gasteiger partial charge in [0.2, 0.25) is 0 Å². The number of carbonyl (C=O) groups is 1. The molecular weight excluding hydrogens is 272 g/mol. The summed E-state index contributed by atoms with van der Waals surface area (Å²) in [4.78, 5) is 20.7. The third-order valence-corrected chi connectivity index (χ3v) is 3.60. The average Bonchev–Trinajstić information content (AvgIpc) is 2.80. The Hall–Kier alpha value is -1.95. The number of nitrogens with one attached hydrogen (secondary N) is 1. The largest absolute Gasteiger partial charge is 0.397 e. The number of nitrogens with zero attached hydrogens (tertiary/aromatic N) is 2. The molecule has 0 atom stereocenters. The SMILES string of the molecule is Cc1ncc(N)cc1C(=O)Nc1nc(C(C)(C)C)cs1. The summed E-state index contributed by atoms with van der Waals surface area (Å²) in [5.74, 6) is -0.239. The van der Waals surface area contributed by atoms with Crippen LogP contribution in [0.15, 0.2) is 17.6 Å². The topological polar surface area (TPSA) is 80.9 Å². The zero-order valence-electron chi connectivity index (χ0n) is 12.0. The Bertz CT molecular complexity index is 643. The number of nitrogen functional groups attached to an aromatic ring is 1. The number of aromatic nitrogens is 2. The maximum atomic E-state index is 12.2. The minimum absolute atomic E-state index is 0.0336. The molecule has 5 nitrogen and oxygen atoms in total. The van der Waals surface area contributed by atoms with E-state index < -0.39 is 0 Å². The van der Waals surface area contributed by atoms with Crippen molar-refractivity contribution in [1.29, 1.82) is 0 Å². The Labute approximate surface area is 122 Å². The summed E-state index contributed by atoms with van der Waals surface area (Å²) in [6.45, 7) is 8.02. The van der Waals surface area contributed by atoms with Crippen LogP contribution in [0.1, 0.15) is 42.5 Å². The van der Waals surface area contributed by atoms with Crippen LogP contribution in [0.5, 0.6) is 0 Å². The van der Waals surface area contributed by atoms with E-state index in [2.05, 4.69) is 36.1 Å². The normalized spacial score (nSPS) is 11.4. The molecule has 0 spiro atoms. The number of hydrogen-bond acceptors (Lipinski definition) is 5. The number of anilines is 2. The number of carbonyl (C=O) groups excluding carboxylic acids is 1. The maximum Gasteiger partial charge on any atom is 0.259 e. The molecule has 2 aromatic rings. The molecule has 1 amide bonds. The van der Waals surface area contributed by atoms with Crippen molar-refractivity contribution >= 4 is 28.1 Å². The third kappa shape index (κ3) is 3.14. The van der Waals surface area contributed by atoms with Crippen molar-refractivity contribution in [2.75, 3.05) is 11.1 Å². The van der Waals surface area contributed by atoms with Crippen LogP contribution in [0.2, 0.25) is 0 Å². The van der Waals surface area contributed by atoms with Crippen molar-refractivity contribution in [3.05, 3.63) is 34.6 Å². The number of pyridine rings is 1. The Morgan fingerprint density at radius 2 is 2.10 bits per heavy atom. The van der Waals surface area contributed by atoms with Gasteiger partial charge in [0.15, 0.2) is 5.13 Å². The number of rotatable bonds is 2. The number of nitrogens with two attached hydrogens (primary N) is 1. The first kappa shape index (κ1) is 14.5. The van der Waals surface area contributed by atoms with Gasteiger partial charge in [-0.05, 0) is 13.0 Å². The van der Waals surface area contributed by atoms with Crippen molar-refractivity contribution in [3.63, 3.8) is 0 Å². The summed E-state index contributed by atoms with van der Waals surface area (Å²) in [5.41, 5.74) is 8.17. The van der Waals surface area contributed by atoms with Crippen LogP contribution in [0.3, 0.4) is 0 Å². The highest BCUT2D eigenvalue weighted by Gasteiger charge is 2.19. The van der Waals surface area contributed by atoms with E-state index >= 15 is 0 Å². The van der Waals surface area contributed by atoms with Crippen LogP contribution >= 0.6 is 11.3 Å². The standard InChI is InChI=1S/C14H18N4OS/c1-8-10(5-9(15)6-16-8)12(19)18-13-17-11(7-20-13)14(2,3)4/h5-7H,15H2,1-4H3,(H,17,18,19). The Morgan fingerprint density at radius 1 is 1.40 bits per heavy atom. The highest BCUT2D eigenvalue weighted by molar-refractivity contribution is 7.14. The van der Waals surface area contributed by atoms with Gasteiger partial charge < -0.3 is 5.73 Å². The lowest BCUT2D eigenvalue weighted by molar-refractivity contribution is 0.102. The second kappa shape index (κ2) is 5.20. The molecule has 0 aliphatic rings. The number of thiazole rings is 1. The van der Waals surface area contributed by atoms with Gasteiger partial charge in [0.25, 0.3) is 5.91 Å². The van der Waals surface area contributed by atoms with E-state index in [1.807, 2.05) is 5.38 Å². The summed E-state index contributed by atoms with van der Waals surface area (Å²) in [6, 6.07) is 1.62. The van der Waals surface area contributed by atoms with E-state index in [9.17, 15) is 4.79 Å². The fourth-order valence-corrected chi connectivity index (χ4v) is 2.55. The van der Waals surface area contributed by atoms with E-state index in [-0.39, 0.29) is 11.3 Å². The van der Waals surface area contributed by atoms with Crippen LogP contribution in [0.25, 0.3) is 0 Å². The Balaban J connectivity index is 2.20. The zero-order valence-corrected chi connectivity index (χ0v) is 12.8. The van der Waals surface area contributed by atoms with Crippen molar-refractivity contribution in [2.45, 2.75) is 33.1 Å². The molecule has 0 radical (unpaired) electrons. The fourth-order valence-electron chi connectivity index (χ4n) is 1.62. The Kier molecular flexibility index (Phi) is 3.76. The molecule has 20 heavy (non-hydrogen) atoms. The predicted octanol–water partition coefficient (Wildman–Crippen LogP) is 2.98. The molecule has 0 aliphatic heterocycles. The first-order valence-electron chi connectivity index (χ1n) is 6.27. The van der Waals surface area contributed by atoms with Crippen molar-refractivity contribution < 1.29 is 4.79 Å². The molecule has 6 heteroatoms. The molecule has 2 heterocycles.